The molecule has 0 atom stereocenters. The molecule has 1 heterocycles. The lowest BCUT2D eigenvalue weighted by Crippen LogP contribution is -2.40. The zero-order valence-corrected chi connectivity index (χ0v) is 14.9. The van der Waals surface area contributed by atoms with E-state index in [0.717, 1.165) is 31.2 Å². The predicted octanol–water partition coefficient (Wildman–Crippen LogP) is 0.970. The number of carbonyl (C=O) groups excluding carboxylic acids is 1. The molecule has 0 saturated heterocycles. The van der Waals surface area contributed by atoms with Gasteiger partial charge in [-0.1, -0.05) is 0 Å². The van der Waals surface area contributed by atoms with Crippen LogP contribution < -0.4 is 16.0 Å². The van der Waals surface area contributed by atoms with Gasteiger partial charge >= 0.3 is 0 Å². The lowest BCUT2D eigenvalue weighted by Gasteiger charge is -2.13. The SMILES string of the molecule is CN=C(NCCCn1nc(C)cc1C)NCCC(=O)NC(C)C. The van der Waals surface area contributed by atoms with Crippen molar-refractivity contribution >= 4 is 11.9 Å². The third kappa shape index (κ3) is 7.67. The van der Waals surface area contributed by atoms with Crippen LogP contribution in [0.5, 0.6) is 0 Å². The maximum atomic E-state index is 11.6. The van der Waals surface area contributed by atoms with Crippen molar-refractivity contribution in [3.05, 3.63) is 17.5 Å². The number of amides is 1. The van der Waals surface area contributed by atoms with Gasteiger partial charge in [0.25, 0.3) is 0 Å². The average molecular weight is 322 g/mol. The van der Waals surface area contributed by atoms with Gasteiger partial charge in [0.05, 0.1) is 5.69 Å². The molecule has 0 radical (unpaired) electrons. The van der Waals surface area contributed by atoms with Crippen LogP contribution in [0, 0.1) is 13.8 Å². The van der Waals surface area contributed by atoms with Crippen LogP contribution in [-0.4, -0.2) is 47.8 Å². The first-order valence-corrected chi connectivity index (χ1v) is 8.17. The van der Waals surface area contributed by atoms with Gasteiger partial charge in [0.15, 0.2) is 5.96 Å². The minimum Gasteiger partial charge on any atom is -0.356 e. The Morgan fingerprint density at radius 3 is 2.57 bits per heavy atom. The summed E-state index contributed by atoms with van der Waals surface area (Å²) in [4.78, 5) is 15.7. The van der Waals surface area contributed by atoms with Crippen LogP contribution in [-0.2, 0) is 11.3 Å². The zero-order chi connectivity index (χ0) is 17.2. The molecule has 1 aromatic heterocycles. The first-order valence-electron chi connectivity index (χ1n) is 8.17. The van der Waals surface area contributed by atoms with E-state index in [0.29, 0.717) is 13.0 Å². The summed E-state index contributed by atoms with van der Waals surface area (Å²) in [6.07, 6.45) is 1.39. The van der Waals surface area contributed by atoms with Crippen LogP contribution in [0.2, 0.25) is 0 Å². The second-order valence-corrected chi connectivity index (χ2v) is 5.90. The molecule has 0 aliphatic heterocycles. The molecule has 0 aliphatic carbocycles. The Bertz CT molecular complexity index is 521. The number of hydrogen-bond acceptors (Lipinski definition) is 3. The Balaban J connectivity index is 2.19. The van der Waals surface area contributed by atoms with Crippen molar-refractivity contribution in [1.82, 2.24) is 25.7 Å². The highest BCUT2D eigenvalue weighted by Gasteiger charge is 2.04. The smallest absolute Gasteiger partial charge is 0.221 e. The minimum absolute atomic E-state index is 0.0486. The van der Waals surface area contributed by atoms with E-state index in [1.807, 2.05) is 25.5 Å². The number of rotatable bonds is 8. The van der Waals surface area contributed by atoms with Gasteiger partial charge in [-0.15, -0.1) is 0 Å². The first kappa shape index (κ1) is 19.0. The number of aryl methyl sites for hydroxylation is 3. The van der Waals surface area contributed by atoms with Crippen molar-refractivity contribution in [1.29, 1.82) is 0 Å². The van der Waals surface area contributed by atoms with E-state index in [1.165, 1.54) is 5.69 Å². The quantitative estimate of drug-likeness (QED) is 0.378. The second-order valence-electron chi connectivity index (χ2n) is 5.90. The lowest BCUT2D eigenvalue weighted by atomic mass is 10.3. The minimum atomic E-state index is 0.0486. The molecule has 130 valence electrons. The molecule has 0 spiro atoms. The van der Waals surface area contributed by atoms with Gasteiger partial charge in [-0.2, -0.15) is 5.10 Å². The number of aromatic nitrogens is 2. The Labute approximate surface area is 138 Å². The van der Waals surface area contributed by atoms with Crippen LogP contribution in [0.25, 0.3) is 0 Å². The van der Waals surface area contributed by atoms with Gasteiger partial charge in [0.2, 0.25) is 5.91 Å². The van der Waals surface area contributed by atoms with Crippen molar-refractivity contribution < 1.29 is 4.79 Å². The van der Waals surface area contributed by atoms with Gasteiger partial charge in [0, 0.05) is 44.8 Å². The Hall–Kier alpha value is -2.05. The van der Waals surface area contributed by atoms with Gasteiger partial charge in [-0.3, -0.25) is 14.5 Å². The molecule has 3 N–H and O–H groups in total. The maximum absolute atomic E-state index is 11.6. The number of aliphatic imine (C=N–C) groups is 1. The second kappa shape index (κ2) is 9.86. The highest BCUT2D eigenvalue weighted by molar-refractivity contribution is 5.81. The molecular weight excluding hydrogens is 292 g/mol. The number of carbonyl (C=O) groups is 1. The lowest BCUT2D eigenvalue weighted by molar-refractivity contribution is -0.121. The van der Waals surface area contributed by atoms with Crippen molar-refractivity contribution in [2.24, 2.45) is 4.99 Å². The van der Waals surface area contributed by atoms with E-state index < -0.39 is 0 Å². The fourth-order valence-electron chi connectivity index (χ4n) is 2.25. The topological polar surface area (TPSA) is 83.3 Å². The molecule has 0 saturated carbocycles. The summed E-state index contributed by atoms with van der Waals surface area (Å²) in [5.74, 6) is 0.767. The summed E-state index contributed by atoms with van der Waals surface area (Å²) in [6.45, 7) is 10.2. The molecule has 1 aromatic rings. The van der Waals surface area contributed by atoms with E-state index in [1.54, 1.807) is 7.05 Å². The number of guanidine groups is 1. The van der Waals surface area contributed by atoms with E-state index >= 15 is 0 Å². The Morgan fingerprint density at radius 1 is 1.30 bits per heavy atom. The van der Waals surface area contributed by atoms with Gasteiger partial charge in [-0.05, 0) is 40.2 Å². The number of hydrogen-bond donors (Lipinski definition) is 3. The van der Waals surface area contributed by atoms with Crippen LogP contribution in [0.3, 0.4) is 0 Å². The number of nitrogens with zero attached hydrogens (tertiary/aromatic N) is 3. The van der Waals surface area contributed by atoms with Gasteiger partial charge in [0.1, 0.15) is 0 Å². The molecule has 1 amide bonds. The summed E-state index contributed by atoms with van der Waals surface area (Å²) in [5.41, 5.74) is 2.23. The maximum Gasteiger partial charge on any atom is 0.221 e. The third-order valence-corrected chi connectivity index (χ3v) is 3.26. The fourth-order valence-corrected chi connectivity index (χ4v) is 2.25. The van der Waals surface area contributed by atoms with E-state index in [-0.39, 0.29) is 11.9 Å². The van der Waals surface area contributed by atoms with Crippen LogP contribution in [0.4, 0.5) is 0 Å². The number of nitrogens with one attached hydrogen (secondary N) is 3. The summed E-state index contributed by atoms with van der Waals surface area (Å²) in [6, 6.07) is 2.25. The van der Waals surface area contributed by atoms with Crippen molar-refractivity contribution in [2.75, 3.05) is 20.1 Å². The van der Waals surface area contributed by atoms with Crippen LogP contribution in [0.15, 0.2) is 11.1 Å². The van der Waals surface area contributed by atoms with E-state index in [2.05, 4.69) is 39.0 Å². The van der Waals surface area contributed by atoms with Crippen molar-refractivity contribution in [3.8, 4) is 0 Å². The molecule has 0 unspecified atom stereocenters. The molecule has 0 bridgehead atoms. The highest BCUT2D eigenvalue weighted by atomic mass is 16.1. The molecule has 7 nitrogen and oxygen atoms in total. The molecule has 0 aromatic carbocycles. The monoisotopic (exact) mass is 322 g/mol. The standard InChI is InChI=1S/C16H30N6O/c1-12(2)20-15(23)7-9-19-16(17-5)18-8-6-10-22-14(4)11-13(3)21-22/h11-12H,6-10H2,1-5H3,(H,20,23)(H2,17,18,19). The van der Waals surface area contributed by atoms with Gasteiger partial charge in [-0.25, -0.2) is 0 Å². The third-order valence-electron chi connectivity index (χ3n) is 3.26. The van der Waals surface area contributed by atoms with Crippen molar-refractivity contribution in [3.63, 3.8) is 0 Å². The Kier molecular flexibility index (Phi) is 8.15. The zero-order valence-electron chi connectivity index (χ0n) is 14.9. The average Bonchev–Trinajstić information content (AvgIpc) is 2.78. The summed E-state index contributed by atoms with van der Waals surface area (Å²) >= 11 is 0. The summed E-state index contributed by atoms with van der Waals surface area (Å²) in [5, 5.41) is 13.7. The van der Waals surface area contributed by atoms with Crippen molar-refractivity contribution in [2.45, 2.75) is 53.1 Å². The highest BCUT2D eigenvalue weighted by Crippen LogP contribution is 2.02. The molecule has 0 fully saturated rings. The Morgan fingerprint density at radius 2 is 2.00 bits per heavy atom. The summed E-state index contributed by atoms with van der Waals surface area (Å²) in [7, 11) is 1.73. The van der Waals surface area contributed by atoms with Gasteiger partial charge < -0.3 is 16.0 Å². The van der Waals surface area contributed by atoms with Crippen LogP contribution >= 0.6 is 0 Å². The first-order chi connectivity index (χ1) is 10.9. The van der Waals surface area contributed by atoms with Crippen LogP contribution in [0.1, 0.15) is 38.1 Å². The molecular formula is C16H30N6O. The van der Waals surface area contributed by atoms with E-state index in [4.69, 9.17) is 0 Å². The molecule has 23 heavy (non-hydrogen) atoms. The molecule has 1 rings (SSSR count). The predicted molar refractivity (Wildman–Crippen MR) is 93.6 cm³/mol. The fraction of sp³-hybridized carbons (Fsp3) is 0.688. The largest absolute Gasteiger partial charge is 0.356 e. The molecule has 7 heteroatoms. The van der Waals surface area contributed by atoms with E-state index in [9.17, 15) is 4.79 Å². The summed E-state index contributed by atoms with van der Waals surface area (Å²) < 4.78 is 2.02. The normalized spacial score (nSPS) is 11.7. The molecule has 0 aliphatic rings.